The van der Waals surface area contributed by atoms with Gasteiger partial charge in [0.2, 0.25) is 0 Å². The van der Waals surface area contributed by atoms with Crippen LogP contribution < -0.4 is 4.90 Å². The Bertz CT molecular complexity index is 794. The molecule has 2 aromatic rings. The van der Waals surface area contributed by atoms with Crippen LogP contribution in [0.25, 0.3) is 5.65 Å². The number of carbonyl (C=O) groups is 1. The first kappa shape index (κ1) is 18.4. The van der Waals surface area contributed by atoms with E-state index < -0.39 is 5.60 Å². The van der Waals surface area contributed by atoms with Gasteiger partial charge in [0.15, 0.2) is 11.5 Å². The number of ether oxygens (including phenoxy) is 1. The minimum absolute atomic E-state index is 0.138. The summed E-state index contributed by atoms with van der Waals surface area (Å²) in [5.74, 6) is 1.70. The van der Waals surface area contributed by atoms with Crippen LogP contribution in [0.3, 0.4) is 0 Å². The lowest BCUT2D eigenvalue weighted by Gasteiger charge is -2.36. The van der Waals surface area contributed by atoms with Crippen LogP contribution in [0.1, 0.15) is 47.4 Å². The van der Waals surface area contributed by atoms with Crippen LogP contribution in [0.2, 0.25) is 0 Å². The fraction of sp³-hybridized carbons (Fsp3) is 0.667. The first-order valence-corrected chi connectivity index (χ1v) is 9.00. The van der Waals surface area contributed by atoms with Gasteiger partial charge in [0.05, 0.1) is 0 Å². The maximum absolute atomic E-state index is 12.2. The van der Waals surface area contributed by atoms with E-state index in [1.54, 1.807) is 4.90 Å². The molecule has 8 nitrogen and oxygen atoms in total. The van der Waals surface area contributed by atoms with Crippen molar-refractivity contribution in [1.29, 1.82) is 0 Å². The minimum Gasteiger partial charge on any atom is -0.444 e. The molecule has 2 aromatic heterocycles. The molecule has 0 unspecified atom stereocenters. The summed E-state index contributed by atoms with van der Waals surface area (Å²) >= 11 is 0. The molecular formula is C18H28N6O2. The number of rotatable bonds is 1. The van der Waals surface area contributed by atoms with Crippen molar-refractivity contribution in [2.75, 3.05) is 31.1 Å². The summed E-state index contributed by atoms with van der Waals surface area (Å²) in [6, 6.07) is 3.89. The fourth-order valence-corrected chi connectivity index (χ4v) is 2.86. The average molecular weight is 360 g/mol. The number of hydrogen-bond donors (Lipinski definition) is 0. The lowest BCUT2D eigenvalue weighted by molar-refractivity contribution is 0.0240. The Balaban J connectivity index is 1.72. The summed E-state index contributed by atoms with van der Waals surface area (Å²) in [7, 11) is 0. The Morgan fingerprint density at radius 1 is 1.00 bits per heavy atom. The Labute approximate surface area is 154 Å². The zero-order valence-electron chi connectivity index (χ0n) is 16.5. The molecule has 0 saturated carbocycles. The van der Waals surface area contributed by atoms with Crippen LogP contribution >= 0.6 is 0 Å². The van der Waals surface area contributed by atoms with Gasteiger partial charge in [-0.25, -0.2) is 4.79 Å². The van der Waals surface area contributed by atoms with Crippen LogP contribution in [-0.2, 0) is 10.2 Å². The molecule has 26 heavy (non-hydrogen) atoms. The van der Waals surface area contributed by atoms with Gasteiger partial charge in [-0.15, -0.1) is 15.3 Å². The van der Waals surface area contributed by atoms with E-state index in [4.69, 9.17) is 9.84 Å². The van der Waals surface area contributed by atoms with Crippen LogP contribution in [-0.4, -0.2) is 62.6 Å². The number of amides is 1. The van der Waals surface area contributed by atoms with Gasteiger partial charge in [-0.3, -0.25) is 0 Å². The van der Waals surface area contributed by atoms with E-state index in [0.29, 0.717) is 26.2 Å². The number of piperazine rings is 1. The fourth-order valence-electron chi connectivity index (χ4n) is 2.86. The summed E-state index contributed by atoms with van der Waals surface area (Å²) in [5.41, 5.74) is 0.130. The molecule has 8 heteroatoms. The van der Waals surface area contributed by atoms with Crippen molar-refractivity contribution in [3.05, 3.63) is 18.0 Å². The third kappa shape index (κ3) is 3.89. The summed E-state index contributed by atoms with van der Waals surface area (Å²) < 4.78 is 7.27. The van der Waals surface area contributed by atoms with E-state index >= 15 is 0 Å². The molecule has 0 radical (unpaired) electrons. The monoisotopic (exact) mass is 360 g/mol. The van der Waals surface area contributed by atoms with Crippen molar-refractivity contribution in [2.24, 2.45) is 0 Å². The number of fused-ring (bicyclic) bond motifs is 1. The lowest BCUT2D eigenvalue weighted by Crippen LogP contribution is -2.50. The lowest BCUT2D eigenvalue weighted by atomic mass is 9.96. The van der Waals surface area contributed by atoms with Gasteiger partial charge in [-0.1, -0.05) is 20.8 Å². The molecule has 142 valence electrons. The van der Waals surface area contributed by atoms with Crippen LogP contribution in [0, 0.1) is 0 Å². The molecule has 3 heterocycles. The van der Waals surface area contributed by atoms with Crippen molar-refractivity contribution in [3.63, 3.8) is 0 Å². The minimum atomic E-state index is -0.474. The zero-order chi connectivity index (χ0) is 19.1. The summed E-state index contributed by atoms with van der Waals surface area (Å²) in [5, 5.41) is 13.2. The Hall–Kier alpha value is -2.38. The second-order valence-corrected chi connectivity index (χ2v) is 8.69. The van der Waals surface area contributed by atoms with Crippen LogP contribution in [0.15, 0.2) is 12.1 Å². The maximum Gasteiger partial charge on any atom is 0.410 e. The van der Waals surface area contributed by atoms with E-state index in [-0.39, 0.29) is 11.5 Å². The number of aromatic nitrogens is 4. The van der Waals surface area contributed by atoms with E-state index in [2.05, 4.69) is 35.9 Å². The number of nitrogens with zero attached hydrogens (tertiary/aromatic N) is 6. The smallest absolute Gasteiger partial charge is 0.410 e. The molecule has 0 N–H and O–H groups in total. The van der Waals surface area contributed by atoms with Gasteiger partial charge in [0.25, 0.3) is 0 Å². The van der Waals surface area contributed by atoms with Gasteiger partial charge in [0.1, 0.15) is 11.4 Å². The van der Waals surface area contributed by atoms with Gasteiger partial charge in [0, 0.05) is 31.6 Å². The number of anilines is 1. The summed E-state index contributed by atoms with van der Waals surface area (Å²) in [4.78, 5) is 16.1. The molecule has 1 aliphatic rings. The number of carbonyl (C=O) groups excluding carboxylic acids is 1. The average Bonchev–Trinajstić information content (AvgIpc) is 2.96. The molecule has 0 bridgehead atoms. The molecule has 1 amide bonds. The molecule has 1 aliphatic heterocycles. The molecule has 0 spiro atoms. The molecule has 1 saturated heterocycles. The van der Waals surface area contributed by atoms with Crippen molar-refractivity contribution in [2.45, 2.75) is 52.6 Å². The second-order valence-electron chi connectivity index (χ2n) is 8.69. The molecule has 0 atom stereocenters. The highest BCUT2D eigenvalue weighted by molar-refractivity contribution is 5.68. The molecular weight excluding hydrogens is 332 g/mol. The summed E-state index contributed by atoms with van der Waals surface area (Å²) in [6.45, 7) is 14.6. The standard InChI is InChI=1S/C18H28N6O2/c1-17(2,3)15-20-19-13-7-8-14(21-24(13)15)22-9-11-23(12-10-22)16(25)26-18(4,5)6/h7-8H,9-12H2,1-6H3. The van der Waals surface area contributed by atoms with E-state index in [1.165, 1.54) is 0 Å². The van der Waals surface area contributed by atoms with E-state index in [0.717, 1.165) is 17.3 Å². The van der Waals surface area contributed by atoms with Crippen molar-refractivity contribution >= 4 is 17.6 Å². The Kier molecular flexibility index (Phi) is 4.54. The van der Waals surface area contributed by atoms with E-state index in [9.17, 15) is 4.79 Å². The third-order valence-electron chi connectivity index (χ3n) is 4.17. The maximum atomic E-state index is 12.2. The quantitative estimate of drug-likeness (QED) is 0.778. The highest BCUT2D eigenvalue weighted by Crippen LogP contribution is 2.22. The zero-order valence-corrected chi connectivity index (χ0v) is 16.5. The normalized spacial score (nSPS) is 16.2. The van der Waals surface area contributed by atoms with Crippen molar-refractivity contribution in [1.82, 2.24) is 24.7 Å². The molecule has 3 rings (SSSR count). The van der Waals surface area contributed by atoms with Gasteiger partial charge in [-0.2, -0.15) is 4.52 Å². The van der Waals surface area contributed by atoms with E-state index in [1.807, 2.05) is 37.4 Å². The van der Waals surface area contributed by atoms with Gasteiger partial charge in [-0.05, 0) is 32.9 Å². The van der Waals surface area contributed by atoms with Crippen molar-refractivity contribution in [3.8, 4) is 0 Å². The van der Waals surface area contributed by atoms with Crippen LogP contribution in [0.4, 0.5) is 10.6 Å². The third-order valence-corrected chi connectivity index (χ3v) is 4.17. The van der Waals surface area contributed by atoms with Gasteiger partial charge < -0.3 is 14.5 Å². The van der Waals surface area contributed by atoms with Gasteiger partial charge >= 0.3 is 6.09 Å². The summed E-state index contributed by atoms with van der Waals surface area (Å²) in [6.07, 6.45) is -0.255. The highest BCUT2D eigenvalue weighted by atomic mass is 16.6. The Morgan fingerprint density at radius 2 is 1.65 bits per heavy atom. The van der Waals surface area contributed by atoms with Crippen molar-refractivity contribution < 1.29 is 9.53 Å². The molecule has 1 fully saturated rings. The molecule has 0 aliphatic carbocycles. The predicted octanol–water partition coefficient (Wildman–Crippen LogP) is 2.48. The largest absolute Gasteiger partial charge is 0.444 e. The topological polar surface area (TPSA) is 75.9 Å². The molecule has 0 aromatic carbocycles. The first-order valence-electron chi connectivity index (χ1n) is 9.00. The van der Waals surface area contributed by atoms with Crippen LogP contribution in [0.5, 0.6) is 0 Å². The second kappa shape index (κ2) is 6.41. The SMILES string of the molecule is CC(C)(C)OC(=O)N1CCN(c2ccc3nnc(C(C)(C)C)n3n2)CC1. The number of hydrogen-bond acceptors (Lipinski definition) is 6. The first-order chi connectivity index (χ1) is 12.0. The Morgan fingerprint density at radius 3 is 2.23 bits per heavy atom. The highest BCUT2D eigenvalue weighted by Gasteiger charge is 2.27. The predicted molar refractivity (Wildman–Crippen MR) is 99.5 cm³/mol.